The molecule has 5 nitrogen and oxygen atoms in total. The molecule has 0 aliphatic carbocycles. The van der Waals surface area contributed by atoms with Gasteiger partial charge < -0.3 is 15.0 Å². The Balaban J connectivity index is 2.22. The fourth-order valence-corrected chi connectivity index (χ4v) is 1.76. The summed E-state index contributed by atoms with van der Waals surface area (Å²) < 4.78 is 5.10. The van der Waals surface area contributed by atoms with Gasteiger partial charge in [-0.1, -0.05) is 43.7 Å². The summed E-state index contributed by atoms with van der Waals surface area (Å²) in [5, 5.41) is 2.63. The molecule has 0 saturated heterocycles. The highest BCUT2D eigenvalue weighted by molar-refractivity contribution is 5.77. The molecule has 0 aliphatic heterocycles. The summed E-state index contributed by atoms with van der Waals surface area (Å²) in [6, 6.07) is 7.81. The van der Waals surface area contributed by atoms with Crippen LogP contribution in [-0.2, 0) is 16.1 Å². The predicted molar refractivity (Wildman–Crippen MR) is 81.8 cm³/mol. The first-order valence-corrected chi connectivity index (χ1v) is 7.11. The van der Waals surface area contributed by atoms with Crippen LogP contribution in [0.4, 0.5) is 4.79 Å². The largest absolute Gasteiger partial charge is 0.445 e. The van der Waals surface area contributed by atoms with Crippen molar-refractivity contribution in [3.05, 3.63) is 35.4 Å². The van der Waals surface area contributed by atoms with Crippen LogP contribution < -0.4 is 5.32 Å². The second-order valence-electron chi connectivity index (χ2n) is 5.40. The SMILES string of the molecule is Cc1ccc(COC(=O)NCCN(C)C(=O)C(C)C)cc1. The number of likely N-dealkylation sites (N-methyl/N-ethyl adjacent to an activating group) is 1. The molecule has 0 atom stereocenters. The van der Waals surface area contributed by atoms with Gasteiger partial charge in [-0.3, -0.25) is 4.79 Å². The molecule has 0 spiro atoms. The minimum absolute atomic E-state index is 0.0384. The van der Waals surface area contributed by atoms with E-state index in [-0.39, 0.29) is 18.4 Å². The van der Waals surface area contributed by atoms with E-state index < -0.39 is 6.09 Å². The molecule has 0 bridgehead atoms. The molecular formula is C16H24N2O3. The third kappa shape index (κ3) is 6.29. The number of carbonyl (C=O) groups excluding carboxylic acids is 2. The zero-order chi connectivity index (χ0) is 15.8. The van der Waals surface area contributed by atoms with Crippen LogP contribution in [0.1, 0.15) is 25.0 Å². The number of alkyl carbamates (subject to hydrolysis) is 1. The van der Waals surface area contributed by atoms with Gasteiger partial charge in [-0.15, -0.1) is 0 Å². The van der Waals surface area contributed by atoms with Crippen molar-refractivity contribution < 1.29 is 14.3 Å². The van der Waals surface area contributed by atoms with E-state index in [1.165, 1.54) is 5.56 Å². The maximum Gasteiger partial charge on any atom is 0.407 e. The van der Waals surface area contributed by atoms with Crippen LogP contribution in [0.15, 0.2) is 24.3 Å². The number of carbonyl (C=O) groups is 2. The van der Waals surface area contributed by atoms with E-state index in [4.69, 9.17) is 4.74 Å². The second kappa shape index (κ2) is 8.29. The first-order chi connectivity index (χ1) is 9.90. The predicted octanol–water partition coefficient (Wildman–Crippen LogP) is 2.34. The van der Waals surface area contributed by atoms with Gasteiger partial charge in [0.05, 0.1) is 0 Å². The molecule has 0 aliphatic rings. The summed E-state index contributed by atoms with van der Waals surface area (Å²) >= 11 is 0. The van der Waals surface area contributed by atoms with Crippen molar-refractivity contribution in [2.45, 2.75) is 27.4 Å². The van der Waals surface area contributed by atoms with Crippen molar-refractivity contribution in [1.29, 1.82) is 0 Å². The van der Waals surface area contributed by atoms with Crippen molar-refractivity contribution in [2.75, 3.05) is 20.1 Å². The van der Waals surface area contributed by atoms with E-state index >= 15 is 0 Å². The molecule has 0 unspecified atom stereocenters. The number of hydrogen-bond donors (Lipinski definition) is 1. The zero-order valence-electron chi connectivity index (χ0n) is 13.2. The van der Waals surface area contributed by atoms with Crippen LogP contribution in [0.5, 0.6) is 0 Å². The minimum atomic E-state index is -0.471. The lowest BCUT2D eigenvalue weighted by Gasteiger charge is -2.19. The number of hydrogen-bond acceptors (Lipinski definition) is 3. The number of amides is 2. The Morgan fingerprint density at radius 3 is 2.43 bits per heavy atom. The molecule has 1 aromatic rings. The van der Waals surface area contributed by atoms with Crippen molar-refractivity contribution in [1.82, 2.24) is 10.2 Å². The van der Waals surface area contributed by atoms with Gasteiger partial charge in [-0.2, -0.15) is 0 Å². The highest BCUT2D eigenvalue weighted by Crippen LogP contribution is 2.04. The molecule has 1 N–H and O–H groups in total. The van der Waals surface area contributed by atoms with Crippen molar-refractivity contribution in [3.63, 3.8) is 0 Å². The topological polar surface area (TPSA) is 58.6 Å². The summed E-state index contributed by atoms with van der Waals surface area (Å²) in [5.41, 5.74) is 2.11. The fourth-order valence-electron chi connectivity index (χ4n) is 1.76. The Bertz CT molecular complexity index is 469. The summed E-state index contributed by atoms with van der Waals surface area (Å²) in [6.07, 6.45) is -0.471. The lowest BCUT2D eigenvalue weighted by Crippen LogP contribution is -2.38. The van der Waals surface area contributed by atoms with Crippen LogP contribution >= 0.6 is 0 Å². The second-order valence-corrected chi connectivity index (χ2v) is 5.40. The third-order valence-corrected chi connectivity index (χ3v) is 3.08. The summed E-state index contributed by atoms with van der Waals surface area (Å²) in [7, 11) is 1.72. The Morgan fingerprint density at radius 1 is 1.24 bits per heavy atom. The monoisotopic (exact) mass is 292 g/mol. The molecule has 0 aromatic heterocycles. The van der Waals surface area contributed by atoms with Crippen LogP contribution in [0.2, 0.25) is 0 Å². The maximum absolute atomic E-state index is 11.6. The Hall–Kier alpha value is -2.04. The molecular weight excluding hydrogens is 268 g/mol. The van der Waals surface area contributed by atoms with Gasteiger partial charge in [0.2, 0.25) is 5.91 Å². The molecule has 1 rings (SSSR count). The Kier molecular flexibility index (Phi) is 6.72. The molecule has 0 heterocycles. The fraction of sp³-hybridized carbons (Fsp3) is 0.500. The van der Waals surface area contributed by atoms with Crippen molar-refractivity contribution >= 4 is 12.0 Å². The molecule has 0 saturated carbocycles. The number of ether oxygens (including phenoxy) is 1. The van der Waals surface area contributed by atoms with Gasteiger partial charge in [-0.05, 0) is 12.5 Å². The molecule has 5 heteroatoms. The number of aryl methyl sites for hydroxylation is 1. The quantitative estimate of drug-likeness (QED) is 0.875. The van der Waals surface area contributed by atoms with Crippen LogP contribution in [-0.4, -0.2) is 37.0 Å². The van der Waals surface area contributed by atoms with E-state index in [0.717, 1.165) is 5.56 Å². The first-order valence-electron chi connectivity index (χ1n) is 7.11. The van der Waals surface area contributed by atoms with Crippen molar-refractivity contribution in [2.24, 2.45) is 5.92 Å². The Morgan fingerprint density at radius 2 is 1.86 bits per heavy atom. The molecule has 2 amide bonds. The number of benzene rings is 1. The molecule has 116 valence electrons. The van der Waals surface area contributed by atoms with E-state index in [9.17, 15) is 9.59 Å². The molecule has 0 radical (unpaired) electrons. The van der Waals surface area contributed by atoms with Gasteiger partial charge >= 0.3 is 6.09 Å². The van der Waals surface area contributed by atoms with Gasteiger partial charge in [-0.25, -0.2) is 4.79 Å². The van der Waals surface area contributed by atoms with Crippen molar-refractivity contribution in [3.8, 4) is 0 Å². The summed E-state index contributed by atoms with van der Waals surface area (Å²) in [4.78, 5) is 24.8. The highest BCUT2D eigenvalue weighted by Gasteiger charge is 2.12. The maximum atomic E-state index is 11.6. The van der Waals surface area contributed by atoms with Crippen LogP contribution in [0.25, 0.3) is 0 Å². The van der Waals surface area contributed by atoms with Gasteiger partial charge in [0.15, 0.2) is 0 Å². The molecule has 0 fully saturated rings. The third-order valence-electron chi connectivity index (χ3n) is 3.08. The number of rotatable bonds is 6. The van der Waals surface area contributed by atoms with E-state index in [1.54, 1.807) is 11.9 Å². The van der Waals surface area contributed by atoms with Gasteiger partial charge in [0, 0.05) is 26.1 Å². The smallest absolute Gasteiger partial charge is 0.407 e. The van der Waals surface area contributed by atoms with Gasteiger partial charge in [0.25, 0.3) is 0 Å². The van der Waals surface area contributed by atoms with Crippen LogP contribution in [0.3, 0.4) is 0 Å². The van der Waals surface area contributed by atoms with Crippen LogP contribution in [0, 0.1) is 12.8 Å². The summed E-state index contributed by atoms with van der Waals surface area (Å²) in [6.45, 7) is 6.79. The first kappa shape index (κ1) is 17.0. The normalized spacial score (nSPS) is 10.3. The average Bonchev–Trinajstić information content (AvgIpc) is 2.45. The lowest BCUT2D eigenvalue weighted by molar-refractivity contribution is -0.133. The summed E-state index contributed by atoms with van der Waals surface area (Å²) in [5.74, 6) is 0.0216. The standard InChI is InChI=1S/C16H24N2O3/c1-12(2)15(19)18(4)10-9-17-16(20)21-11-14-7-5-13(3)6-8-14/h5-8,12H,9-11H2,1-4H3,(H,17,20). The lowest BCUT2D eigenvalue weighted by atomic mass is 10.2. The van der Waals surface area contributed by atoms with E-state index in [2.05, 4.69) is 5.32 Å². The molecule has 21 heavy (non-hydrogen) atoms. The zero-order valence-corrected chi connectivity index (χ0v) is 13.2. The number of nitrogens with zero attached hydrogens (tertiary/aromatic N) is 1. The van der Waals surface area contributed by atoms with Gasteiger partial charge in [0.1, 0.15) is 6.61 Å². The Labute approximate surface area is 126 Å². The highest BCUT2D eigenvalue weighted by atomic mass is 16.5. The van der Waals surface area contributed by atoms with E-state index in [1.807, 2.05) is 45.0 Å². The molecule has 1 aromatic carbocycles. The average molecular weight is 292 g/mol. The van der Waals surface area contributed by atoms with E-state index in [0.29, 0.717) is 13.1 Å². The minimum Gasteiger partial charge on any atom is -0.445 e. The number of nitrogens with one attached hydrogen (secondary N) is 1.